The molecular weight excluding hydrogens is 598 g/mol. The van der Waals surface area contributed by atoms with Crippen LogP contribution in [0.4, 0.5) is 5.69 Å². The molecule has 224 valence electrons. The fourth-order valence-electron chi connectivity index (χ4n) is 6.46. The number of rotatable bonds is 8. The summed E-state index contributed by atoms with van der Waals surface area (Å²) in [5.41, 5.74) is 4.14. The van der Waals surface area contributed by atoms with Crippen LogP contribution in [0.5, 0.6) is 5.75 Å². The number of hydrogen-bond donors (Lipinski definition) is 1. The van der Waals surface area contributed by atoms with Gasteiger partial charge in [0.1, 0.15) is 5.75 Å². The third-order valence-electron chi connectivity index (χ3n) is 8.98. The predicted octanol–water partition coefficient (Wildman–Crippen LogP) is 4.69. The summed E-state index contributed by atoms with van der Waals surface area (Å²) in [4.78, 5) is 29.0. The average Bonchev–Trinajstić information content (AvgIpc) is 3.31. The van der Waals surface area contributed by atoms with Crippen LogP contribution in [0.25, 0.3) is 10.9 Å². The molecule has 1 atom stereocenters. The average molecular weight is 639 g/mol. The van der Waals surface area contributed by atoms with Gasteiger partial charge in [0.15, 0.2) is 0 Å². The summed E-state index contributed by atoms with van der Waals surface area (Å²) in [7, 11) is 1.92. The van der Waals surface area contributed by atoms with Gasteiger partial charge in [0.2, 0.25) is 11.8 Å². The number of imide groups is 1. The van der Waals surface area contributed by atoms with Crippen LogP contribution in [0.1, 0.15) is 55.7 Å². The minimum atomic E-state index is -0.382. The van der Waals surface area contributed by atoms with Gasteiger partial charge >= 0.3 is 0 Å². The molecule has 2 aromatic carbocycles. The standard InChI is InChI=1S/C32H40BrN5O4/c1-21-19-25(8-11-28(21)33)42-24-6-4-23(5-7-24)41-18-17-37-13-15-38(16-14-37)22-3-9-26-29(20-22)36(2)35-31(26)27-10-12-30(39)34-32(27)40/h3,8-9,11,19-20,23-24,27H,4-7,10,12-18H2,1-2H3,(H,34,39,40). The van der Waals surface area contributed by atoms with Gasteiger partial charge in [-0.25, -0.2) is 0 Å². The highest BCUT2D eigenvalue weighted by molar-refractivity contribution is 9.10. The lowest BCUT2D eigenvalue weighted by molar-refractivity contribution is -0.134. The lowest BCUT2D eigenvalue weighted by Crippen LogP contribution is -2.47. The number of halogens is 1. The number of aryl methyl sites for hydroxylation is 2. The van der Waals surface area contributed by atoms with E-state index in [0.29, 0.717) is 18.9 Å². The maximum absolute atomic E-state index is 12.5. The van der Waals surface area contributed by atoms with E-state index in [1.165, 1.54) is 11.3 Å². The maximum Gasteiger partial charge on any atom is 0.235 e. The van der Waals surface area contributed by atoms with Gasteiger partial charge in [-0.2, -0.15) is 5.10 Å². The van der Waals surface area contributed by atoms with Crippen LogP contribution in [0.15, 0.2) is 40.9 Å². The maximum atomic E-state index is 12.5. The molecule has 0 bridgehead atoms. The summed E-state index contributed by atoms with van der Waals surface area (Å²) in [6.45, 7) is 7.74. The molecule has 1 unspecified atom stereocenters. The third kappa shape index (κ3) is 6.50. The van der Waals surface area contributed by atoms with Gasteiger partial charge in [-0.3, -0.25) is 24.5 Å². The number of benzene rings is 2. The number of hydrogen-bond acceptors (Lipinski definition) is 7. The Kier molecular flexibility index (Phi) is 8.83. The molecule has 1 aromatic heterocycles. The molecule has 3 heterocycles. The second-order valence-electron chi connectivity index (χ2n) is 11.8. The molecular formula is C32H40BrN5O4. The first-order valence-corrected chi connectivity index (χ1v) is 16.0. The van der Waals surface area contributed by atoms with Crippen LogP contribution < -0.4 is 15.0 Å². The van der Waals surface area contributed by atoms with Crippen LogP contribution in [-0.2, 0) is 21.4 Å². The van der Waals surface area contributed by atoms with E-state index in [1.807, 2.05) is 17.8 Å². The molecule has 1 aliphatic carbocycles. The molecule has 2 aliphatic heterocycles. The Labute approximate surface area is 255 Å². The van der Waals surface area contributed by atoms with Crippen molar-refractivity contribution in [2.45, 2.75) is 63.6 Å². The summed E-state index contributed by atoms with van der Waals surface area (Å²) in [5, 5.41) is 8.12. The Bertz CT molecular complexity index is 1440. The number of aromatic nitrogens is 2. The molecule has 2 saturated heterocycles. The molecule has 0 spiro atoms. The van der Waals surface area contributed by atoms with E-state index in [2.05, 4.69) is 73.4 Å². The summed E-state index contributed by atoms with van der Waals surface area (Å²) >= 11 is 3.56. The van der Waals surface area contributed by atoms with Gasteiger partial charge in [-0.05, 0) is 81.0 Å². The van der Waals surface area contributed by atoms with Crippen LogP contribution >= 0.6 is 15.9 Å². The van der Waals surface area contributed by atoms with Crippen molar-refractivity contribution in [3.05, 3.63) is 52.1 Å². The van der Waals surface area contributed by atoms with Gasteiger partial charge in [-0.15, -0.1) is 0 Å². The SMILES string of the molecule is Cc1cc(OC2CCC(OCCN3CCN(c4ccc5c(C6CCC(=O)NC6=O)nn(C)c5c4)CC3)CC2)ccc1Br. The Morgan fingerprint density at radius 2 is 1.74 bits per heavy atom. The van der Waals surface area contributed by atoms with Crippen molar-refractivity contribution in [3.8, 4) is 5.75 Å². The molecule has 3 aliphatic rings. The number of nitrogens with zero attached hydrogens (tertiary/aromatic N) is 4. The molecule has 3 aromatic rings. The number of piperidine rings is 1. The molecule has 2 amide bonds. The smallest absolute Gasteiger partial charge is 0.235 e. The highest BCUT2D eigenvalue weighted by Gasteiger charge is 2.32. The van der Waals surface area contributed by atoms with Gasteiger partial charge < -0.3 is 14.4 Å². The fourth-order valence-corrected chi connectivity index (χ4v) is 6.71. The highest BCUT2D eigenvalue weighted by Crippen LogP contribution is 2.33. The Morgan fingerprint density at radius 1 is 0.976 bits per heavy atom. The molecule has 1 saturated carbocycles. The monoisotopic (exact) mass is 637 g/mol. The topological polar surface area (TPSA) is 88.9 Å². The number of ether oxygens (including phenoxy) is 2. The van der Waals surface area contributed by atoms with Crippen molar-refractivity contribution in [2.24, 2.45) is 7.05 Å². The zero-order chi connectivity index (χ0) is 29.2. The first-order valence-electron chi connectivity index (χ1n) is 15.2. The third-order valence-corrected chi connectivity index (χ3v) is 9.87. The lowest BCUT2D eigenvalue weighted by atomic mass is 9.93. The van der Waals surface area contributed by atoms with E-state index in [-0.39, 0.29) is 23.8 Å². The van der Waals surface area contributed by atoms with Gasteiger partial charge in [0.05, 0.1) is 35.9 Å². The largest absolute Gasteiger partial charge is 0.490 e. The number of carbonyl (C=O) groups excluding carboxylic acids is 2. The zero-order valence-electron chi connectivity index (χ0n) is 24.5. The minimum Gasteiger partial charge on any atom is -0.490 e. The van der Waals surface area contributed by atoms with E-state index in [0.717, 1.165) is 91.8 Å². The van der Waals surface area contributed by atoms with Gasteiger partial charge in [-0.1, -0.05) is 15.9 Å². The van der Waals surface area contributed by atoms with E-state index in [4.69, 9.17) is 9.47 Å². The van der Waals surface area contributed by atoms with Crippen molar-refractivity contribution in [1.29, 1.82) is 0 Å². The summed E-state index contributed by atoms with van der Waals surface area (Å²) in [6.07, 6.45) is 5.63. The van der Waals surface area contributed by atoms with E-state index >= 15 is 0 Å². The van der Waals surface area contributed by atoms with Crippen LogP contribution in [-0.4, -0.2) is 78.0 Å². The molecule has 3 fully saturated rings. The van der Waals surface area contributed by atoms with Crippen molar-refractivity contribution >= 4 is 44.3 Å². The number of nitrogens with one attached hydrogen (secondary N) is 1. The van der Waals surface area contributed by atoms with Crippen LogP contribution in [0.2, 0.25) is 0 Å². The quantitative estimate of drug-likeness (QED) is 0.358. The number of anilines is 1. The first-order chi connectivity index (χ1) is 20.3. The minimum absolute atomic E-state index is 0.204. The number of piperazine rings is 1. The van der Waals surface area contributed by atoms with Crippen LogP contribution in [0.3, 0.4) is 0 Å². The van der Waals surface area contributed by atoms with E-state index in [1.54, 1.807) is 0 Å². The van der Waals surface area contributed by atoms with Crippen LogP contribution in [0, 0.1) is 6.92 Å². The molecule has 10 heteroatoms. The van der Waals surface area contributed by atoms with Crippen molar-refractivity contribution in [3.63, 3.8) is 0 Å². The second-order valence-corrected chi connectivity index (χ2v) is 12.7. The Morgan fingerprint density at radius 3 is 2.48 bits per heavy atom. The molecule has 0 radical (unpaired) electrons. The van der Waals surface area contributed by atoms with Crippen molar-refractivity contribution < 1.29 is 19.1 Å². The summed E-state index contributed by atoms with van der Waals surface area (Å²) in [6, 6.07) is 12.6. The molecule has 1 N–H and O–H groups in total. The Hall–Kier alpha value is -2.95. The number of amides is 2. The number of carbonyl (C=O) groups is 2. The molecule has 9 nitrogen and oxygen atoms in total. The van der Waals surface area contributed by atoms with Crippen molar-refractivity contribution in [2.75, 3.05) is 44.2 Å². The van der Waals surface area contributed by atoms with E-state index < -0.39 is 0 Å². The van der Waals surface area contributed by atoms with Gasteiger partial charge in [0.25, 0.3) is 0 Å². The second kappa shape index (κ2) is 12.7. The summed E-state index contributed by atoms with van der Waals surface area (Å²) < 4.78 is 15.5. The van der Waals surface area contributed by atoms with Gasteiger partial charge in [0, 0.05) is 61.7 Å². The first kappa shape index (κ1) is 29.1. The van der Waals surface area contributed by atoms with Crippen molar-refractivity contribution in [1.82, 2.24) is 20.0 Å². The predicted molar refractivity (Wildman–Crippen MR) is 166 cm³/mol. The fraction of sp³-hybridized carbons (Fsp3) is 0.531. The number of fused-ring (bicyclic) bond motifs is 1. The Balaban J connectivity index is 0.942. The lowest BCUT2D eigenvalue weighted by Gasteiger charge is -2.36. The molecule has 42 heavy (non-hydrogen) atoms. The molecule has 6 rings (SSSR count). The normalized spacial score (nSPS) is 23.8. The highest BCUT2D eigenvalue weighted by atomic mass is 79.9. The van der Waals surface area contributed by atoms with E-state index in [9.17, 15) is 9.59 Å². The zero-order valence-corrected chi connectivity index (χ0v) is 26.1. The summed E-state index contributed by atoms with van der Waals surface area (Å²) in [5.74, 6) is 0.123.